The maximum absolute atomic E-state index is 11.8. The van der Waals surface area contributed by atoms with Gasteiger partial charge < -0.3 is 15.1 Å². The highest BCUT2D eigenvalue weighted by Gasteiger charge is 2.16. The van der Waals surface area contributed by atoms with Gasteiger partial charge in [0, 0.05) is 39.4 Å². The predicted molar refractivity (Wildman–Crippen MR) is 78.3 cm³/mol. The Morgan fingerprint density at radius 1 is 1.21 bits per heavy atom. The minimum absolute atomic E-state index is 0.224. The molecule has 1 fully saturated rings. The first-order chi connectivity index (χ1) is 9.16. The Balaban J connectivity index is 1.74. The third kappa shape index (κ3) is 3.96. The molecule has 1 aromatic carbocycles. The van der Waals surface area contributed by atoms with Gasteiger partial charge in [-0.3, -0.25) is 4.79 Å². The van der Waals surface area contributed by atoms with E-state index in [9.17, 15) is 4.79 Å². The molecule has 1 N–H and O–H groups in total. The molecule has 1 amide bonds. The van der Waals surface area contributed by atoms with E-state index in [1.165, 1.54) is 11.3 Å². The lowest BCUT2D eigenvalue weighted by molar-refractivity contribution is -0.129. The van der Waals surface area contributed by atoms with E-state index in [2.05, 4.69) is 34.5 Å². The largest absolute Gasteiger partial charge is 0.378 e. The van der Waals surface area contributed by atoms with E-state index in [0.29, 0.717) is 6.54 Å². The molecule has 0 aromatic heterocycles. The number of carbonyl (C=O) groups excluding carboxylic acids is 1. The monoisotopic (exact) mass is 261 g/mol. The lowest BCUT2D eigenvalue weighted by atomic mass is 10.2. The number of nitrogens with zero attached hydrogens (tertiary/aromatic N) is 2. The lowest BCUT2D eigenvalue weighted by Crippen LogP contribution is -2.35. The van der Waals surface area contributed by atoms with Crippen LogP contribution in [0.3, 0.4) is 0 Å². The Bertz CT molecular complexity index is 408. The summed E-state index contributed by atoms with van der Waals surface area (Å²) in [6, 6.07) is 8.39. The van der Waals surface area contributed by atoms with Gasteiger partial charge in [-0.05, 0) is 30.5 Å². The second-order valence-electron chi connectivity index (χ2n) is 5.25. The van der Waals surface area contributed by atoms with Crippen molar-refractivity contribution >= 4 is 11.6 Å². The molecule has 1 aliphatic rings. The highest BCUT2D eigenvalue weighted by molar-refractivity contribution is 5.78. The van der Waals surface area contributed by atoms with Crippen molar-refractivity contribution in [1.82, 2.24) is 10.2 Å². The number of amides is 1. The first-order valence-electron chi connectivity index (χ1n) is 6.91. The maximum Gasteiger partial charge on any atom is 0.236 e. The second-order valence-corrected chi connectivity index (χ2v) is 5.25. The molecule has 19 heavy (non-hydrogen) atoms. The van der Waals surface area contributed by atoms with Crippen molar-refractivity contribution in [1.29, 1.82) is 0 Å². The Kier molecular flexibility index (Phi) is 4.80. The molecule has 0 saturated carbocycles. The molecule has 1 aliphatic heterocycles. The molecule has 4 heteroatoms. The second kappa shape index (κ2) is 6.57. The minimum Gasteiger partial charge on any atom is -0.378 e. The molecule has 1 aromatic rings. The number of carbonyl (C=O) groups is 1. The van der Waals surface area contributed by atoms with Crippen LogP contribution in [0.2, 0.25) is 0 Å². The van der Waals surface area contributed by atoms with Crippen molar-refractivity contribution in [2.45, 2.75) is 19.4 Å². The Morgan fingerprint density at radius 2 is 1.84 bits per heavy atom. The van der Waals surface area contributed by atoms with E-state index < -0.39 is 0 Å². The molecule has 0 atom stereocenters. The number of benzene rings is 1. The topological polar surface area (TPSA) is 35.6 Å². The first kappa shape index (κ1) is 13.9. The standard InChI is InChI=1S/C15H23N3O/c1-17(2)14-7-5-13(6-8-14)11-16-12-15(19)18-9-3-4-10-18/h5-8,16H,3-4,9-12H2,1-2H3. The van der Waals surface area contributed by atoms with Crippen molar-refractivity contribution in [3.05, 3.63) is 29.8 Å². The summed E-state index contributed by atoms with van der Waals surface area (Å²) in [5.41, 5.74) is 2.40. The van der Waals surface area contributed by atoms with Crippen LogP contribution in [0.25, 0.3) is 0 Å². The van der Waals surface area contributed by atoms with Gasteiger partial charge in [-0.1, -0.05) is 12.1 Å². The SMILES string of the molecule is CN(C)c1ccc(CNCC(=O)N2CCCC2)cc1. The molecule has 1 heterocycles. The number of rotatable bonds is 5. The molecule has 1 saturated heterocycles. The third-order valence-corrected chi connectivity index (χ3v) is 3.52. The van der Waals surface area contributed by atoms with Crippen LogP contribution in [0.15, 0.2) is 24.3 Å². The summed E-state index contributed by atoms with van der Waals surface area (Å²) in [4.78, 5) is 15.9. The summed E-state index contributed by atoms with van der Waals surface area (Å²) in [6.07, 6.45) is 2.30. The molecule has 0 bridgehead atoms. The van der Waals surface area contributed by atoms with Gasteiger partial charge in [-0.2, -0.15) is 0 Å². The van der Waals surface area contributed by atoms with Crippen LogP contribution in [0.4, 0.5) is 5.69 Å². The average Bonchev–Trinajstić information content (AvgIpc) is 2.93. The fourth-order valence-electron chi connectivity index (χ4n) is 2.30. The number of nitrogens with one attached hydrogen (secondary N) is 1. The average molecular weight is 261 g/mol. The van der Waals surface area contributed by atoms with E-state index in [1.807, 2.05) is 19.0 Å². The Morgan fingerprint density at radius 3 is 2.42 bits per heavy atom. The number of anilines is 1. The van der Waals surface area contributed by atoms with Gasteiger partial charge in [0.05, 0.1) is 6.54 Å². The van der Waals surface area contributed by atoms with Crippen LogP contribution in [-0.4, -0.2) is 44.5 Å². The number of likely N-dealkylation sites (tertiary alicyclic amines) is 1. The van der Waals surface area contributed by atoms with E-state index >= 15 is 0 Å². The van der Waals surface area contributed by atoms with Crippen LogP contribution >= 0.6 is 0 Å². The fraction of sp³-hybridized carbons (Fsp3) is 0.533. The summed E-state index contributed by atoms with van der Waals surface area (Å²) in [5.74, 6) is 0.224. The third-order valence-electron chi connectivity index (χ3n) is 3.52. The minimum atomic E-state index is 0.224. The van der Waals surface area contributed by atoms with Crippen molar-refractivity contribution in [3.63, 3.8) is 0 Å². The summed E-state index contributed by atoms with van der Waals surface area (Å²) in [7, 11) is 4.06. The van der Waals surface area contributed by atoms with Crippen molar-refractivity contribution in [3.8, 4) is 0 Å². The van der Waals surface area contributed by atoms with Crippen molar-refractivity contribution in [2.75, 3.05) is 38.6 Å². The maximum atomic E-state index is 11.8. The van der Waals surface area contributed by atoms with Crippen LogP contribution in [0, 0.1) is 0 Å². The van der Waals surface area contributed by atoms with Crippen LogP contribution in [0.5, 0.6) is 0 Å². The normalized spacial score (nSPS) is 14.7. The van der Waals surface area contributed by atoms with E-state index in [0.717, 1.165) is 32.5 Å². The fourth-order valence-corrected chi connectivity index (χ4v) is 2.30. The van der Waals surface area contributed by atoms with Gasteiger partial charge in [0.2, 0.25) is 5.91 Å². The Hall–Kier alpha value is -1.55. The van der Waals surface area contributed by atoms with Crippen molar-refractivity contribution in [2.24, 2.45) is 0 Å². The van der Waals surface area contributed by atoms with Gasteiger partial charge >= 0.3 is 0 Å². The highest BCUT2D eigenvalue weighted by Crippen LogP contribution is 2.12. The molecular weight excluding hydrogens is 238 g/mol. The molecule has 4 nitrogen and oxygen atoms in total. The number of hydrogen-bond acceptors (Lipinski definition) is 3. The zero-order chi connectivity index (χ0) is 13.7. The summed E-state index contributed by atoms with van der Waals surface area (Å²) >= 11 is 0. The van der Waals surface area contributed by atoms with Gasteiger partial charge in [0.1, 0.15) is 0 Å². The summed E-state index contributed by atoms with van der Waals surface area (Å²) in [6.45, 7) is 3.04. The molecule has 104 valence electrons. The van der Waals surface area contributed by atoms with Gasteiger partial charge in [-0.25, -0.2) is 0 Å². The summed E-state index contributed by atoms with van der Waals surface area (Å²) < 4.78 is 0. The van der Waals surface area contributed by atoms with Gasteiger partial charge in [0.15, 0.2) is 0 Å². The quantitative estimate of drug-likeness (QED) is 0.872. The first-order valence-corrected chi connectivity index (χ1v) is 6.91. The molecule has 2 rings (SSSR count). The smallest absolute Gasteiger partial charge is 0.236 e. The summed E-state index contributed by atoms with van der Waals surface area (Å²) in [5, 5.41) is 3.22. The molecular formula is C15H23N3O. The molecule has 0 aliphatic carbocycles. The Labute approximate surface area is 115 Å². The zero-order valence-electron chi connectivity index (χ0n) is 11.9. The number of hydrogen-bond donors (Lipinski definition) is 1. The van der Waals surface area contributed by atoms with Crippen LogP contribution < -0.4 is 10.2 Å². The highest BCUT2D eigenvalue weighted by atomic mass is 16.2. The van der Waals surface area contributed by atoms with E-state index in [1.54, 1.807) is 0 Å². The van der Waals surface area contributed by atoms with Gasteiger partial charge in [-0.15, -0.1) is 0 Å². The van der Waals surface area contributed by atoms with E-state index in [4.69, 9.17) is 0 Å². The van der Waals surface area contributed by atoms with Crippen LogP contribution in [0.1, 0.15) is 18.4 Å². The molecule has 0 radical (unpaired) electrons. The lowest BCUT2D eigenvalue weighted by Gasteiger charge is -2.16. The van der Waals surface area contributed by atoms with Crippen LogP contribution in [-0.2, 0) is 11.3 Å². The predicted octanol–water partition coefficient (Wildman–Crippen LogP) is 1.46. The molecule has 0 spiro atoms. The zero-order valence-corrected chi connectivity index (χ0v) is 11.9. The van der Waals surface area contributed by atoms with E-state index in [-0.39, 0.29) is 5.91 Å². The van der Waals surface area contributed by atoms with Gasteiger partial charge in [0.25, 0.3) is 0 Å². The molecule has 0 unspecified atom stereocenters. The van der Waals surface area contributed by atoms with Crippen molar-refractivity contribution < 1.29 is 4.79 Å².